The van der Waals surface area contributed by atoms with E-state index in [-0.39, 0.29) is 30.3 Å². The molecule has 8 nitrogen and oxygen atoms in total. The number of aliphatic hydroxyl groups is 2. The number of carbonyl (C=O) groups is 2. The van der Waals surface area contributed by atoms with Crippen molar-refractivity contribution >= 4 is 23.0 Å². The number of aromatic carboxylic acids is 1. The second-order valence-corrected chi connectivity index (χ2v) is 8.48. The molecule has 5 rings (SSSR count). The number of benzene rings is 3. The average Bonchev–Trinajstić information content (AvgIpc) is 3.42. The zero-order valence-electron chi connectivity index (χ0n) is 18.6. The molecule has 0 aliphatic heterocycles. The van der Waals surface area contributed by atoms with Crippen LogP contribution in [-0.2, 0) is 4.74 Å². The Morgan fingerprint density at radius 1 is 0.914 bits per heavy atom. The summed E-state index contributed by atoms with van der Waals surface area (Å²) in [7, 11) is 0. The topological polar surface area (TPSA) is 132 Å². The summed E-state index contributed by atoms with van der Waals surface area (Å²) in [6, 6.07) is 22.7. The molecule has 1 aliphatic carbocycles. The molecule has 35 heavy (non-hydrogen) atoms. The van der Waals surface area contributed by atoms with Crippen LogP contribution in [0.25, 0.3) is 22.0 Å². The third-order valence-corrected chi connectivity index (χ3v) is 6.42. The number of fused-ring (bicyclic) bond motifs is 4. The van der Waals surface area contributed by atoms with Gasteiger partial charge in [-0.1, -0.05) is 66.7 Å². The van der Waals surface area contributed by atoms with Gasteiger partial charge in [-0.15, -0.1) is 0 Å². The zero-order valence-corrected chi connectivity index (χ0v) is 18.6. The molecule has 0 fully saturated rings. The highest BCUT2D eigenvalue weighted by Crippen LogP contribution is 2.44. The van der Waals surface area contributed by atoms with Gasteiger partial charge in [-0.2, -0.15) is 0 Å². The van der Waals surface area contributed by atoms with Crippen molar-refractivity contribution in [1.82, 2.24) is 10.3 Å². The number of hydrogen-bond acceptors (Lipinski definition) is 5. The molecule has 0 bridgehead atoms. The Morgan fingerprint density at radius 2 is 1.51 bits per heavy atom. The first kappa shape index (κ1) is 22.6. The molecular formula is C27H24N2O6. The van der Waals surface area contributed by atoms with Crippen molar-refractivity contribution in [2.75, 3.05) is 13.2 Å². The summed E-state index contributed by atoms with van der Waals surface area (Å²) < 4.78 is 5.45. The number of aromatic amines is 1. The van der Waals surface area contributed by atoms with E-state index in [1.807, 2.05) is 48.5 Å². The molecule has 3 aromatic carbocycles. The van der Waals surface area contributed by atoms with Crippen molar-refractivity contribution in [3.63, 3.8) is 0 Å². The summed E-state index contributed by atoms with van der Waals surface area (Å²) >= 11 is 0. The number of para-hydroxylation sites is 1. The van der Waals surface area contributed by atoms with E-state index in [1.54, 1.807) is 24.3 Å². The largest absolute Gasteiger partial charge is 0.477 e. The van der Waals surface area contributed by atoms with Gasteiger partial charge in [-0.3, -0.25) is 0 Å². The first-order valence-corrected chi connectivity index (χ1v) is 11.2. The lowest BCUT2D eigenvalue weighted by molar-refractivity contribution is 0.0183. The SMILES string of the molecule is O=C(NCC(O)C(O)c1c(C(=O)O)[nH]c2ccccc12)OCC1c2ccccc2-c2ccccc21. The normalized spacial score (nSPS) is 14.2. The van der Waals surface area contributed by atoms with Crippen LogP contribution in [0.4, 0.5) is 4.79 Å². The minimum atomic E-state index is -1.54. The molecule has 1 amide bonds. The molecule has 0 radical (unpaired) electrons. The summed E-state index contributed by atoms with van der Waals surface area (Å²) in [6.07, 6.45) is -3.73. The van der Waals surface area contributed by atoms with E-state index in [9.17, 15) is 24.9 Å². The maximum Gasteiger partial charge on any atom is 0.407 e. The monoisotopic (exact) mass is 472 g/mol. The molecule has 5 N–H and O–H groups in total. The van der Waals surface area contributed by atoms with E-state index in [1.165, 1.54) is 0 Å². The van der Waals surface area contributed by atoms with E-state index in [2.05, 4.69) is 10.3 Å². The number of carboxylic acid groups (broad SMARTS) is 1. The van der Waals surface area contributed by atoms with Gasteiger partial charge in [0.15, 0.2) is 0 Å². The Labute approximate surface area is 200 Å². The number of carboxylic acids is 1. The molecule has 178 valence electrons. The van der Waals surface area contributed by atoms with Crippen LogP contribution < -0.4 is 5.32 Å². The molecular weight excluding hydrogens is 448 g/mol. The number of aliphatic hydroxyl groups excluding tert-OH is 2. The van der Waals surface area contributed by atoms with Crippen LogP contribution in [0.2, 0.25) is 0 Å². The highest BCUT2D eigenvalue weighted by Gasteiger charge is 2.30. The lowest BCUT2D eigenvalue weighted by Crippen LogP contribution is -2.36. The van der Waals surface area contributed by atoms with Crippen molar-refractivity contribution in [2.24, 2.45) is 0 Å². The molecule has 1 heterocycles. The van der Waals surface area contributed by atoms with Gasteiger partial charge >= 0.3 is 12.1 Å². The number of carbonyl (C=O) groups excluding carboxylic acids is 1. The number of nitrogens with one attached hydrogen (secondary N) is 2. The number of H-pyrrole nitrogens is 1. The van der Waals surface area contributed by atoms with Crippen LogP contribution in [0, 0.1) is 0 Å². The number of rotatable bonds is 7. The summed E-state index contributed by atoms with van der Waals surface area (Å²) in [5, 5.41) is 33.7. The first-order chi connectivity index (χ1) is 17.0. The summed E-state index contributed by atoms with van der Waals surface area (Å²) in [6.45, 7) is -0.208. The van der Waals surface area contributed by atoms with Crippen LogP contribution in [0.15, 0.2) is 72.8 Å². The number of aromatic nitrogens is 1. The van der Waals surface area contributed by atoms with E-state index >= 15 is 0 Å². The van der Waals surface area contributed by atoms with Gasteiger partial charge in [-0.25, -0.2) is 9.59 Å². The van der Waals surface area contributed by atoms with Crippen LogP contribution >= 0.6 is 0 Å². The standard InChI is InChI=1S/C27H24N2O6/c30-22(25(31)23-19-11-5-6-12-21(19)29-24(23)26(32)33)13-28-27(34)35-14-20-17-9-3-1-7-15(17)16-8-2-4-10-18(16)20/h1-12,20,22,25,29-31H,13-14H2,(H,28,34)(H,32,33). The molecule has 8 heteroatoms. The fourth-order valence-electron chi connectivity index (χ4n) is 4.78. The van der Waals surface area contributed by atoms with Gasteiger partial charge in [-0.05, 0) is 28.3 Å². The molecule has 2 atom stereocenters. The van der Waals surface area contributed by atoms with Crippen molar-refractivity contribution in [3.8, 4) is 11.1 Å². The summed E-state index contributed by atoms with van der Waals surface area (Å²) in [5.41, 5.74) is 4.77. The first-order valence-electron chi connectivity index (χ1n) is 11.2. The Bertz CT molecular complexity index is 1370. The van der Waals surface area contributed by atoms with Gasteiger partial charge in [0.25, 0.3) is 0 Å². The Kier molecular flexibility index (Phi) is 5.98. The minimum absolute atomic E-state index is 0.0648. The van der Waals surface area contributed by atoms with Crippen LogP contribution in [0.5, 0.6) is 0 Å². The van der Waals surface area contributed by atoms with Gasteiger partial charge in [0, 0.05) is 28.9 Å². The van der Waals surface area contributed by atoms with Crippen LogP contribution in [0.3, 0.4) is 0 Å². The Hall–Kier alpha value is -4.14. The second kappa shape index (κ2) is 9.25. The van der Waals surface area contributed by atoms with Gasteiger partial charge in [0.2, 0.25) is 0 Å². The predicted octanol–water partition coefficient (Wildman–Crippen LogP) is 3.80. The van der Waals surface area contributed by atoms with Gasteiger partial charge in [0.1, 0.15) is 24.5 Å². The number of ether oxygens (including phenoxy) is 1. The Morgan fingerprint density at radius 3 is 2.17 bits per heavy atom. The van der Waals surface area contributed by atoms with Crippen molar-refractivity contribution < 1.29 is 29.6 Å². The summed E-state index contributed by atoms with van der Waals surface area (Å²) in [5.74, 6) is -1.36. The van der Waals surface area contributed by atoms with Crippen LogP contribution in [-0.4, -0.2) is 51.6 Å². The third kappa shape index (κ3) is 4.14. The zero-order chi connectivity index (χ0) is 24.5. The molecule has 1 aromatic heterocycles. The smallest absolute Gasteiger partial charge is 0.407 e. The number of alkyl carbamates (subject to hydrolysis) is 1. The number of amides is 1. The highest BCUT2D eigenvalue weighted by molar-refractivity contribution is 5.97. The van der Waals surface area contributed by atoms with Crippen molar-refractivity contribution in [1.29, 1.82) is 0 Å². The number of hydrogen-bond donors (Lipinski definition) is 5. The fraction of sp³-hybridized carbons (Fsp3) is 0.185. The molecule has 4 aromatic rings. The van der Waals surface area contributed by atoms with E-state index in [4.69, 9.17) is 4.74 Å². The highest BCUT2D eigenvalue weighted by atomic mass is 16.5. The maximum absolute atomic E-state index is 12.4. The van der Waals surface area contributed by atoms with Crippen molar-refractivity contribution in [3.05, 3.63) is 95.2 Å². The third-order valence-electron chi connectivity index (χ3n) is 6.42. The van der Waals surface area contributed by atoms with Crippen LogP contribution in [0.1, 0.15) is 39.2 Å². The maximum atomic E-state index is 12.4. The van der Waals surface area contributed by atoms with E-state index in [0.717, 1.165) is 22.3 Å². The van der Waals surface area contributed by atoms with Crippen molar-refractivity contribution in [2.45, 2.75) is 18.1 Å². The van der Waals surface area contributed by atoms with Gasteiger partial charge < -0.3 is 30.4 Å². The molecule has 0 saturated carbocycles. The lowest BCUT2D eigenvalue weighted by Gasteiger charge is -2.19. The van der Waals surface area contributed by atoms with E-state index in [0.29, 0.717) is 10.9 Å². The Balaban J connectivity index is 1.24. The molecule has 0 spiro atoms. The minimum Gasteiger partial charge on any atom is -0.477 e. The van der Waals surface area contributed by atoms with E-state index < -0.39 is 24.3 Å². The quantitative estimate of drug-likeness (QED) is 0.278. The average molecular weight is 472 g/mol. The lowest BCUT2D eigenvalue weighted by atomic mass is 9.98. The fourth-order valence-corrected chi connectivity index (χ4v) is 4.78. The molecule has 0 saturated heterocycles. The summed E-state index contributed by atoms with van der Waals surface area (Å²) in [4.78, 5) is 26.8. The molecule has 1 aliphatic rings. The predicted molar refractivity (Wildman–Crippen MR) is 129 cm³/mol. The van der Waals surface area contributed by atoms with Gasteiger partial charge in [0.05, 0.1) is 0 Å². The molecule has 2 unspecified atom stereocenters. The second-order valence-electron chi connectivity index (χ2n) is 8.48.